The topological polar surface area (TPSA) is 46.3 Å². The normalized spacial score (nSPS) is 17.8. The average molecular weight is 286 g/mol. The van der Waals surface area contributed by atoms with E-state index in [-0.39, 0.29) is 10.8 Å². The van der Waals surface area contributed by atoms with E-state index >= 15 is 0 Å². The number of halogens is 1. The van der Waals surface area contributed by atoms with Gasteiger partial charge in [-0.2, -0.15) is 0 Å². The van der Waals surface area contributed by atoms with E-state index in [0.29, 0.717) is 23.6 Å². The lowest BCUT2D eigenvalue weighted by molar-refractivity contribution is 0.291. The minimum absolute atomic E-state index is 0.213. The number of hydrogen-bond acceptors (Lipinski definition) is 3. The zero-order chi connectivity index (χ0) is 13.1. The summed E-state index contributed by atoms with van der Waals surface area (Å²) in [7, 11) is -0.689. The van der Waals surface area contributed by atoms with Crippen LogP contribution in [0.2, 0.25) is 0 Å². The summed E-state index contributed by atoms with van der Waals surface area (Å²) in [5, 5.41) is 0. The van der Waals surface area contributed by atoms with Crippen molar-refractivity contribution in [1.29, 1.82) is 0 Å². The number of nitrogens with zero attached hydrogens (tertiary/aromatic N) is 1. The van der Waals surface area contributed by atoms with Gasteiger partial charge in [-0.05, 0) is 17.7 Å². The second-order valence-electron chi connectivity index (χ2n) is 4.29. The Morgan fingerprint density at radius 1 is 1.44 bits per heavy atom. The molecule has 6 heteroatoms. The molecule has 1 aromatic rings. The third kappa shape index (κ3) is 3.34. The van der Waals surface area contributed by atoms with E-state index in [0.717, 1.165) is 18.7 Å². The molecule has 1 aliphatic rings. The van der Waals surface area contributed by atoms with Crippen LogP contribution in [0.3, 0.4) is 0 Å². The number of rotatable bonds is 3. The Bertz CT molecular complexity index is 483. The Hall–Kier alpha value is -0.850. The zero-order valence-corrected chi connectivity index (χ0v) is 11.5. The number of nitrogens with two attached hydrogens (primary N) is 1. The molecule has 0 atom stereocenters. The molecule has 1 saturated heterocycles. The molecule has 0 aliphatic carbocycles. The maximum absolute atomic E-state index is 13.2. The quantitative estimate of drug-likeness (QED) is 0.843. The first-order chi connectivity index (χ1) is 8.56. The molecular weight excluding hydrogens is 271 g/mol. The maximum Gasteiger partial charge on any atom is 0.123 e. The summed E-state index contributed by atoms with van der Waals surface area (Å²) >= 11 is 4.94. The fourth-order valence-electron chi connectivity index (χ4n) is 1.99. The Kier molecular flexibility index (Phi) is 4.42. The van der Waals surface area contributed by atoms with E-state index < -0.39 is 10.8 Å². The highest BCUT2D eigenvalue weighted by molar-refractivity contribution is 7.85. The summed E-state index contributed by atoms with van der Waals surface area (Å²) in [5.74, 6) is 1.06. The van der Waals surface area contributed by atoms with Gasteiger partial charge in [-0.1, -0.05) is 18.3 Å². The minimum Gasteiger partial charge on any atom is -0.389 e. The van der Waals surface area contributed by atoms with Crippen molar-refractivity contribution in [2.24, 2.45) is 5.73 Å². The van der Waals surface area contributed by atoms with Gasteiger partial charge >= 0.3 is 0 Å². The van der Waals surface area contributed by atoms with Crippen LogP contribution in [0.25, 0.3) is 0 Å². The molecule has 0 bridgehead atoms. The lowest BCUT2D eigenvalue weighted by atomic mass is 10.1. The Morgan fingerprint density at radius 2 is 2.11 bits per heavy atom. The lowest BCUT2D eigenvalue weighted by Crippen LogP contribution is -2.37. The first-order valence-electron chi connectivity index (χ1n) is 5.72. The van der Waals surface area contributed by atoms with Crippen LogP contribution in [0.1, 0.15) is 11.1 Å². The van der Waals surface area contributed by atoms with Gasteiger partial charge in [0.15, 0.2) is 0 Å². The summed E-state index contributed by atoms with van der Waals surface area (Å²) in [6.45, 7) is 2.26. The molecule has 0 amide bonds. The number of thiocarbonyl (C=S) groups is 1. The Balaban J connectivity index is 2.13. The highest BCUT2D eigenvalue weighted by atomic mass is 32.2. The van der Waals surface area contributed by atoms with E-state index in [1.807, 2.05) is 0 Å². The van der Waals surface area contributed by atoms with E-state index in [1.54, 1.807) is 6.07 Å². The SMILES string of the molecule is NC(=S)c1cc(F)ccc1CN1CCS(=O)CC1. The van der Waals surface area contributed by atoms with Crippen LogP contribution in [-0.2, 0) is 17.3 Å². The molecule has 0 radical (unpaired) electrons. The lowest BCUT2D eigenvalue weighted by Gasteiger charge is -2.26. The standard InChI is InChI=1S/C12H15FN2OS2/c13-10-2-1-9(11(7-10)12(14)17)8-15-3-5-18(16)6-4-15/h1-2,7H,3-6,8H2,(H2,14,17). The third-order valence-electron chi connectivity index (χ3n) is 3.00. The van der Waals surface area contributed by atoms with Crippen molar-refractivity contribution >= 4 is 28.0 Å². The highest BCUT2D eigenvalue weighted by Gasteiger charge is 2.17. The number of benzene rings is 1. The fraction of sp³-hybridized carbons (Fsp3) is 0.417. The van der Waals surface area contributed by atoms with Gasteiger partial charge in [0.1, 0.15) is 10.8 Å². The second-order valence-corrected chi connectivity index (χ2v) is 6.43. The molecule has 2 rings (SSSR count). The van der Waals surface area contributed by atoms with Gasteiger partial charge in [-0.25, -0.2) is 4.39 Å². The van der Waals surface area contributed by atoms with Crippen LogP contribution in [0.4, 0.5) is 4.39 Å². The minimum atomic E-state index is -0.689. The Labute approximate surface area is 114 Å². The molecule has 0 spiro atoms. The van der Waals surface area contributed by atoms with Crippen molar-refractivity contribution in [3.05, 3.63) is 35.1 Å². The average Bonchev–Trinajstić information content (AvgIpc) is 2.34. The van der Waals surface area contributed by atoms with Crippen LogP contribution in [0.15, 0.2) is 18.2 Å². The molecule has 18 heavy (non-hydrogen) atoms. The molecular formula is C12H15FN2OS2. The molecule has 1 aromatic carbocycles. The van der Waals surface area contributed by atoms with Gasteiger partial charge < -0.3 is 5.73 Å². The fourth-order valence-corrected chi connectivity index (χ4v) is 3.31. The summed E-state index contributed by atoms with van der Waals surface area (Å²) in [4.78, 5) is 2.40. The van der Waals surface area contributed by atoms with Gasteiger partial charge in [-0.3, -0.25) is 9.11 Å². The number of hydrogen-bond donors (Lipinski definition) is 1. The summed E-state index contributed by atoms with van der Waals surface area (Å²) in [6, 6.07) is 4.51. The summed E-state index contributed by atoms with van der Waals surface area (Å²) in [5.41, 5.74) is 7.13. The van der Waals surface area contributed by atoms with Crippen LogP contribution in [0.5, 0.6) is 0 Å². The second kappa shape index (κ2) is 5.86. The monoisotopic (exact) mass is 286 g/mol. The summed E-state index contributed by atoms with van der Waals surface area (Å²) in [6.07, 6.45) is 0. The smallest absolute Gasteiger partial charge is 0.123 e. The van der Waals surface area contributed by atoms with Crippen molar-refractivity contribution < 1.29 is 8.60 Å². The van der Waals surface area contributed by atoms with Crippen molar-refractivity contribution in [3.63, 3.8) is 0 Å². The van der Waals surface area contributed by atoms with E-state index in [2.05, 4.69) is 4.90 Å². The third-order valence-corrected chi connectivity index (χ3v) is 4.50. The van der Waals surface area contributed by atoms with E-state index in [1.165, 1.54) is 12.1 Å². The van der Waals surface area contributed by atoms with Gasteiger partial charge in [0.05, 0.1) is 0 Å². The van der Waals surface area contributed by atoms with Gasteiger partial charge in [0.2, 0.25) is 0 Å². The summed E-state index contributed by atoms with van der Waals surface area (Å²) < 4.78 is 24.4. The molecule has 98 valence electrons. The van der Waals surface area contributed by atoms with Gasteiger partial charge in [-0.15, -0.1) is 0 Å². The molecule has 3 nitrogen and oxygen atoms in total. The molecule has 1 fully saturated rings. The predicted molar refractivity (Wildman–Crippen MR) is 75.4 cm³/mol. The van der Waals surface area contributed by atoms with E-state index in [4.69, 9.17) is 18.0 Å². The van der Waals surface area contributed by atoms with Crippen molar-refractivity contribution in [2.45, 2.75) is 6.54 Å². The molecule has 0 unspecified atom stereocenters. The van der Waals surface area contributed by atoms with Crippen molar-refractivity contribution in [2.75, 3.05) is 24.6 Å². The molecule has 1 aliphatic heterocycles. The van der Waals surface area contributed by atoms with Crippen molar-refractivity contribution in [1.82, 2.24) is 4.90 Å². The predicted octanol–water partition coefficient (Wildman–Crippen LogP) is 1.02. The highest BCUT2D eigenvalue weighted by Crippen LogP contribution is 2.15. The van der Waals surface area contributed by atoms with E-state index in [9.17, 15) is 8.60 Å². The van der Waals surface area contributed by atoms with Gasteiger partial charge in [0, 0.05) is 47.5 Å². The van der Waals surface area contributed by atoms with Gasteiger partial charge in [0.25, 0.3) is 0 Å². The molecule has 0 aromatic heterocycles. The molecule has 2 N–H and O–H groups in total. The molecule has 0 saturated carbocycles. The zero-order valence-electron chi connectivity index (χ0n) is 9.89. The molecule has 1 heterocycles. The first kappa shape index (κ1) is 13.6. The van der Waals surface area contributed by atoms with Crippen LogP contribution in [-0.4, -0.2) is 38.7 Å². The maximum atomic E-state index is 13.2. The van der Waals surface area contributed by atoms with Crippen molar-refractivity contribution in [3.8, 4) is 0 Å². The first-order valence-corrected chi connectivity index (χ1v) is 7.61. The van der Waals surface area contributed by atoms with Crippen LogP contribution in [0, 0.1) is 5.82 Å². The largest absolute Gasteiger partial charge is 0.389 e. The Morgan fingerprint density at radius 3 is 2.72 bits per heavy atom. The van der Waals surface area contributed by atoms with Crippen LogP contribution >= 0.6 is 12.2 Å². The van der Waals surface area contributed by atoms with Crippen LogP contribution < -0.4 is 5.73 Å².